The average Bonchev–Trinajstić information content (AvgIpc) is 3.73. The van der Waals surface area contributed by atoms with Crippen LogP contribution in [-0.2, 0) is 14.3 Å². The number of likely N-dealkylation sites (N-methyl/N-ethyl adjacent to an activating group) is 1. The molecule has 5 heterocycles. The molecule has 2 aliphatic rings. The number of carbonyl (C=O) groups excluding carboxylic acids is 1. The van der Waals surface area contributed by atoms with Gasteiger partial charge in [0.1, 0.15) is 17.9 Å². The van der Waals surface area contributed by atoms with Crippen LogP contribution in [0.25, 0.3) is 33.9 Å². The lowest BCUT2D eigenvalue weighted by Gasteiger charge is -2.17. The molecule has 0 aliphatic carbocycles. The standard InChI is InChI=1S/C25H29N9O5/c1-3-26-24(37)20-18(35)19(36)25(39-20)34-11-27-17-22(28-14-8-9-38-10-14)29-21(30-23(17)34)16-15(31-33-32-16)13-6-4-12(2)5-7-13/h4-7,11,14,18-20,25,35-36H,3,8-10H2,1-2H3,(H,26,37)(H,28,29,30)(H,31,32,33)/t14?,18-,19+,20-,25+/m0/s1. The second-order valence-electron chi connectivity index (χ2n) is 9.63. The molecule has 5 atom stereocenters. The van der Waals surface area contributed by atoms with E-state index < -0.39 is 30.4 Å². The molecule has 6 rings (SSSR count). The molecule has 3 aromatic heterocycles. The zero-order chi connectivity index (χ0) is 27.1. The SMILES string of the molecule is CCNC(=O)[C@H]1O[C@@H](n2cnc3c(NC4CCOC4)nc(-c4n[nH]nc4-c4ccc(C)cc4)nc32)[C@H](O)[C@@H]1O. The van der Waals surface area contributed by atoms with Crippen LogP contribution in [0.15, 0.2) is 30.6 Å². The number of aromatic nitrogens is 7. The molecule has 14 heteroatoms. The molecule has 39 heavy (non-hydrogen) atoms. The van der Waals surface area contributed by atoms with Gasteiger partial charge in [0.15, 0.2) is 40.8 Å². The Morgan fingerprint density at radius 1 is 1.15 bits per heavy atom. The number of hydrogen-bond acceptors (Lipinski definition) is 11. The van der Waals surface area contributed by atoms with Crippen molar-refractivity contribution < 1.29 is 24.5 Å². The van der Waals surface area contributed by atoms with Gasteiger partial charge in [-0.1, -0.05) is 29.8 Å². The Morgan fingerprint density at radius 3 is 2.69 bits per heavy atom. The summed E-state index contributed by atoms with van der Waals surface area (Å²) < 4.78 is 12.9. The van der Waals surface area contributed by atoms with E-state index >= 15 is 0 Å². The van der Waals surface area contributed by atoms with Crippen molar-refractivity contribution in [3.8, 4) is 22.8 Å². The molecule has 0 saturated carbocycles. The number of aromatic amines is 1. The van der Waals surface area contributed by atoms with Gasteiger partial charge >= 0.3 is 0 Å². The zero-order valence-corrected chi connectivity index (χ0v) is 21.4. The van der Waals surface area contributed by atoms with Crippen LogP contribution < -0.4 is 10.6 Å². The van der Waals surface area contributed by atoms with Crippen LogP contribution in [0.3, 0.4) is 0 Å². The molecule has 0 spiro atoms. The summed E-state index contributed by atoms with van der Waals surface area (Å²) in [6.45, 7) is 5.27. The maximum atomic E-state index is 12.4. The van der Waals surface area contributed by atoms with Crippen molar-refractivity contribution in [1.29, 1.82) is 0 Å². The number of nitrogens with one attached hydrogen (secondary N) is 3. The molecule has 5 N–H and O–H groups in total. The minimum atomic E-state index is -1.43. The van der Waals surface area contributed by atoms with Crippen LogP contribution in [-0.4, -0.2) is 95.2 Å². The zero-order valence-electron chi connectivity index (χ0n) is 21.4. The lowest BCUT2D eigenvalue weighted by molar-refractivity contribution is -0.137. The molecule has 2 aliphatic heterocycles. The Labute approximate surface area is 222 Å². The first-order chi connectivity index (χ1) is 18.9. The summed E-state index contributed by atoms with van der Waals surface area (Å²) in [5, 5.41) is 38.8. The first kappa shape index (κ1) is 25.3. The fourth-order valence-corrected chi connectivity index (χ4v) is 4.83. The van der Waals surface area contributed by atoms with Crippen LogP contribution in [0.5, 0.6) is 0 Å². The summed E-state index contributed by atoms with van der Waals surface area (Å²) in [7, 11) is 0. The number of carbonyl (C=O) groups is 1. The predicted molar refractivity (Wildman–Crippen MR) is 138 cm³/mol. The molecule has 1 aromatic carbocycles. The van der Waals surface area contributed by atoms with Gasteiger partial charge in [0.2, 0.25) is 0 Å². The molecule has 2 saturated heterocycles. The van der Waals surface area contributed by atoms with Gasteiger partial charge in [-0.25, -0.2) is 15.0 Å². The van der Waals surface area contributed by atoms with E-state index in [-0.39, 0.29) is 11.9 Å². The Bertz CT molecular complexity index is 1480. The lowest BCUT2D eigenvalue weighted by Crippen LogP contribution is -2.42. The number of amides is 1. The highest BCUT2D eigenvalue weighted by Crippen LogP contribution is 2.35. The van der Waals surface area contributed by atoms with E-state index in [0.717, 1.165) is 17.5 Å². The molecular formula is C25H29N9O5. The quantitative estimate of drug-likeness (QED) is 0.222. The number of aliphatic hydroxyl groups is 2. The third kappa shape index (κ3) is 4.61. The van der Waals surface area contributed by atoms with E-state index in [1.807, 2.05) is 31.2 Å². The largest absolute Gasteiger partial charge is 0.387 e. The molecule has 2 fully saturated rings. The molecule has 4 aromatic rings. The Balaban J connectivity index is 1.45. The van der Waals surface area contributed by atoms with E-state index in [2.05, 4.69) is 31.0 Å². The van der Waals surface area contributed by atoms with Gasteiger partial charge in [0, 0.05) is 18.7 Å². The van der Waals surface area contributed by atoms with Crippen molar-refractivity contribution >= 4 is 22.9 Å². The van der Waals surface area contributed by atoms with Crippen molar-refractivity contribution in [1.82, 2.24) is 40.2 Å². The number of aliphatic hydroxyl groups excluding tert-OH is 2. The second kappa shape index (κ2) is 10.3. The topological polar surface area (TPSA) is 185 Å². The van der Waals surface area contributed by atoms with Crippen molar-refractivity contribution in [2.75, 3.05) is 25.1 Å². The molecule has 14 nitrogen and oxygen atoms in total. The summed E-state index contributed by atoms with van der Waals surface area (Å²) in [4.78, 5) is 26.4. The number of anilines is 1. The summed E-state index contributed by atoms with van der Waals surface area (Å²) >= 11 is 0. The average molecular weight is 536 g/mol. The van der Waals surface area contributed by atoms with E-state index in [0.29, 0.717) is 48.1 Å². The fraction of sp³-hybridized carbons (Fsp3) is 0.440. The van der Waals surface area contributed by atoms with Crippen molar-refractivity contribution in [3.63, 3.8) is 0 Å². The van der Waals surface area contributed by atoms with Gasteiger partial charge in [0.05, 0.1) is 19.0 Å². The van der Waals surface area contributed by atoms with Gasteiger partial charge < -0.3 is 30.3 Å². The lowest BCUT2D eigenvalue weighted by atomic mass is 10.1. The van der Waals surface area contributed by atoms with Crippen LogP contribution in [0.1, 0.15) is 25.1 Å². The number of hydrogen-bond donors (Lipinski definition) is 5. The summed E-state index contributed by atoms with van der Waals surface area (Å²) in [6, 6.07) is 7.87. The van der Waals surface area contributed by atoms with Crippen LogP contribution in [0.2, 0.25) is 0 Å². The van der Waals surface area contributed by atoms with Gasteiger partial charge in [-0.05, 0) is 20.3 Å². The Hall–Kier alpha value is -3.98. The molecule has 1 amide bonds. The number of fused-ring (bicyclic) bond motifs is 1. The monoisotopic (exact) mass is 535 g/mol. The summed E-state index contributed by atoms with van der Waals surface area (Å²) in [6.07, 6.45) is -2.95. The van der Waals surface area contributed by atoms with Crippen LogP contribution in [0, 0.1) is 6.92 Å². The number of ether oxygens (including phenoxy) is 2. The first-order valence-corrected chi connectivity index (χ1v) is 12.8. The third-order valence-electron chi connectivity index (χ3n) is 6.90. The highest BCUT2D eigenvalue weighted by atomic mass is 16.6. The van der Waals surface area contributed by atoms with Gasteiger partial charge in [-0.3, -0.25) is 9.36 Å². The number of rotatable bonds is 7. The molecule has 204 valence electrons. The Morgan fingerprint density at radius 2 is 1.95 bits per heavy atom. The van der Waals surface area contributed by atoms with Crippen LogP contribution in [0.4, 0.5) is 5.82 Å². The summed E-state index contributed by atoms with van der Waals surface area (Å²) in [5.41, 5.74) is 3.69. The van der Waals surface area contributed by atoms with E-state index in [4.69, 9.17) is 19.4 Å². The smallest absolute Gasteiger partial charge is 0.252 e. The maximum Gasteiger partial charge on any atom is 0.252 e. The first-order valence-electron chi connectivity index (χ1n) is 12.8. The molecule has 1 unspecified atom stereocenters. The fourth-order valence-electron chi connectivity index (χ4n) is 4.83. The van der Waals surface area contributed by atoms with Crippen LogP contribution >= 0.6 is 0 Å². The molecule has 0 bridgehead atoms. The van der Waals surface area contributed by atoms with E-state index in [1.54, 1.807) is 6.92 Å². The minimum Gasteiger partial charge on any atom is -0.387 e. The predicted octanol–water partition coefficient (Wildman–Crippen LogP) is 0.543. The third-order valence-corrected chi connectivity index (χ3v) is 6.90. The number of imidazole rings is 1. The van der Waals surface area contributed by atoms with Gasteiger partial charge in [-0.15, -0.1) is 0 Å². The number of aryl methyl sites for hydroxylation is 1. The minimum absolute atomic E-state index is 0.0206. The maximum absolute atomic E-state index is 12.4. The van der Waals surface area contributed by atoms with Gasteiger partial charge in [-0.2, -0.15) is 15.4 Å². The van der Waals surface area contributed by atoms with E-state index in [9.17, 15) is 15.0 Å². The number of H-pyrrole nitrogens is 1. The van der Waals surface area contributed by atoms with Crippen molar-refractivity contribution in [3.05, 3.63) is 36.2 Å². The number of benzene rings is 1. The number of nitrogens with zero attached hydrogens (tertiary/aromatic N) is 6. The highest BCUT2D eigenvalue weighted by Gasteiger charge is 2.47. The summed E-state index contributed by atoms with van der Waals surface area (Å²) in [5.74, 6) is 0.207. The molecule has 0 radical (unpaired) electrons. The Kier molecular flexibility index (Phi) is 6.68. The highest BCUT2D eigenvalue weighted by molar-refractivity contribution is 5.87. The van der Waals surface area contributed by atoms with Crippen molar-refractivity contribution in [2.45, 2.75) is 50.8 Å². The normalized spacial score (nSPS) is 24.9. The molecular weight excluding hydrogens is 506 g/mol. The van der Waals surface area contributed by atoms with E-state index in [1.165, 1.54) is 10.9 Å². The van der Waals surface area contributed by atoms with Gasteiger partial charge in [0.25, 0.3) is 5.91 Å². The van der Waals surface area contributed by atoms with Crippen molar-refractivity contribution in [2.24, 2.45) is 0 Å². The second-order valence-corrected chi connectivity index (χ2v) is 9.63.